The maximum Gasteiger partial charge on any atom is 0.259 e. The van der Waals surface area contributed by atoms with Gasteiger partial charge in [-0.3, -0.25) is 4.79 Å². The minimum atomic E-state index is 0.0775. The molecule has 3 fully saturated rings. The van der Waals surface area contributed by atoms with Crippen LogP contribution in [0.25, 0.3) is 0 Å². The average molecular weight is 333 g/mol. The molecule has 0 atom stereocenters. The SMILES string of the molecule is O=C(c1conc1C1CC1)N1CCC(OCCN2CCCC2)CC1. The molecule has 0 bridgehead atoms. The Hall–Kier alpha value is -1.40. The highest BCUT2D eigenvalue weighted by Crippen LogP contribution is 2.41. The highest BCUT2D eigenvalue weighted by molar-refractivity contribution is 5.95. The minimum Gasteiger partial charge on any atom is -0.377 e. The van der Waals surface area contributed by atoms with Gasteiger partial charge in [-0.05, 0) is 51.6 Å². The second-order valence-corrected chi connectivity index (χ2v) is 7.30. The Morgan fingerprint density at radius 3 is 2.62 bits per heavy atom. The zero-order chi connectivity index (χ0) is 16.4. The molecule has 24 heavy (non-hydrogen) atoms. The molecule has 1 aromatic rings. The lowest BCUT2D eigenvalue weighted by Crippen LogP contribution is -2.41. The molecule has 0 radical (unpaired) electrons. The van der Waals surface area contributed by atoms with Gasteiger partial charge in [0.15, 0.2) is 0 Å². The van der Waals surface area contributed by atoms with E-state index < -0.39 is 0 Å². The van der Waals surface area contributed by atoms with Gasteiger partial charge in [0.2, 0.25) is 0 Å². The van der Waals surface area contributed by atoms with Crippen LogP contribution in [-0.4, -0.2) is 66.3 Å². The van der Waals surface area contributed by atoms with Crippen LogP contribution in [0.4, 0.5) is 0 Å². The van der Waals surface area contributed by atoms with Crippen molar-refractivity contribution in [2.45, 2.75) is 50.5 Å². The molecule has 1 saturated carbocycles. The van der Waals surface area contributed by atoms with Gasteiger partial charge in [-0.1, -0.05) is 5.16 Å². The summed E-state index contributed by atoms with van der Waals surface area (Å²) in [5, 5.41) is 4.04. The lowest BCUT2D eigenvalue weighted by molar-refractivity contribution is 0.00205. The van der Waals surface area contributed by atoms with Crippen LogP contribution in [0.5, 0.6) is 0 Å². The van der Waals surface area contributed by atoms with E-state index in [1.807, 2.05) is 4.90 Å². The maximum absolute atomic E-state index is 12.7. The first-order valence-electron chi connectivity index (χ1n) is 9.39. The monoisotopic (exact) mass is 333 g/mol. The van der Waals surface area contributed by atoms with Crippen LogP contribution in [-0.2, 0) is 4.74 Å². The van der Waals surface area contributed by atoms with Crippen LogP contribution in [0.15, 0.2) is 10.8 Å². The molecule has 0 unspecified atom stereocenters. The second kappa shape index (κ2) is 7.23. The molecule has 132 valence electrons. The van der Waals surface area contributed by atoms with E-state index in [0.717, 1.165) is 57.6 Å². The first-order chi connectivity index (χ1) is 11.8. The topological polar surface area (TPSA) is 58.8 Å². The van der Waals surface area contributed by atoms with Gasteiger partial charge in [0.05, 0.1) is 18.4 Å². The summed E-state index contributed by atoms with van der Waals surface area (Å²) in [6.45, 7) is 5.84. The molecular weight excluding hydrogens is 306 g/mol. The Bertz CT molecular complexity index is 556. The summed E-state index contributed by atoms with van der Waals surface area (Å²) in [5.74, 6) is 0.517. The number of likely N-dealkylation sites (tertiary alicyclic amines) is 2. The number of hydrogen-bond donors (Lipinski definition) is 0. The summed E-state index contributed by atoms with van der Waals surface area (Å²) in [6.07, 6.45) is 8.57. The third kappa shape index (κ3) is 3.64. The minimum absolute atomic E-state index is 0.0775. The Morgan fingerprint density at radius 1 is 1.17 bits per heavy atom. The van der Waals surface area contributed by atoms with Gasteiger partial charge < -0.3 is 19.1 Å². The lowest BCUT2D eigenvalue weighted by atomic mass is 10.1. The van der Waals surface area contributed by atoms with Crippen molar-refractivity contribution in [1.29, 1.82) is 0 Å². The highest BCUT2D eigenvalue weighted by Gasteiger charge is 2.34. The summed E-state index contributed by atoms with van der Waals surface area (Å²) in [7, 11) is 0. The Balaban J connectivity index is 1.22. The molecule has 0 aromatic carbocycles. The molecule has 1 amide bonds. The third-order valence-electron chi connectivity index (χ3n) is 5.48. The van der Waals surface area contributed by atoms with Gasteiger partial charge in [0.1, 0.15) is 11.8 Å². The van der Waals surface area contributed by atoms with E-state index in [9.17, 15) is 4.79 Å². The van der Waals surface area contributed by atoms with Crippen LogP contribution >= 0.6 is 0 Å². The van der Waals surface area contributed by atoms with E-state index in [-0.39, 0.29) is 5.91 Å². The van der Waals surface area contributed by atoms with Gasteiger partial charge in [0, 0.05) is 25.6 Å². The molecule has 4 rings (SSSR count). The van der Waals surface area contributed by atoms with Crippen LogP contribution in [0, 0.1) is 0 Å². The fourth-order valence-corrected chi connectivity index (χ4v) is 3.81. The van der Waals surface area contributed by atoms with Crippen LogP contribution in [0.3, 0.4) is 0 Å². The largest absolute Gasteiger partial charge is 0.377 e. The molecule has 2 aliphatic heterocycles. The molecular formula is C18H27N3O3. The molecule has 0 N–H and O–H groups in total. The van der Waals surface area contributed by atoms with Crippen molar-refractivity contribution in [2.75, 3.05) is 39.3 Å². The van der Waals surface area contributed by atoms with E-state index in [1.165, 1.54) is 32.2 Å². The van der Waals surface area contributed by atoms with Crippen molar-refractivity contribution >= 4 is 5.91 Å². The molecule has 6 heteroatoms. The predicted molar refractivity (Wildman–Crippen MR) is 89.0 cm³/mol. The van der Waals surface area contributed by atoms with E-state index >= 15 is 0 Å². The number of amides is 1. The second-order valence-electron chi connectivity index (χ2n) is 7.30. The van der Waals surface area contributed by atoms with Crippen LogP contribution < -0.4 is 0 Å². The van der Waals surface area contributed by atoms with E-state index in [2.05, 4.69) is 10.1 Å². The van der Waals surface area contributed by atoms with Crippen molar-refractivity contribution < 1.29 is 14.1 Å². The van der Waals surface area contributed by atoms with Crippen molar-refractivity contribution in [1.82, 2.24) is 15.0 Å². The van der Waals surface area contributed by atoms with Crippen molar-refractivity contribution in [3.63, 3.8) is 0 Å². The molecule has 3 heterocycles. The highest BCUT2D eigenvalue weighted by atomic mass is 16.5. The number of carbonyl (C=O) groups excluding carboxylic acids is 1. The Labute approximate surface area is 143 Å². The Morgan fingerprint density at radius 2 is 1.92 bits per heavy atom. The third-order valence-corrected chi connectivity index (χ3v) is 5.48. The summed E-state index contributed by atoms with van der Waals surface area (Å²) < 4.78 is 11.1. The van der Waals surface area contributed by atoms with Gasteiger partial charge >= 0.3 is 0 Å². The quantitative estimate of drug-likeness (QED) is 0.799. The number of aromatic nitrogens is 1. The molecule has 1 aliphatic carbocycles. The van der Waals surface area contributed by atoms with Crippen molar-refractivity contribution in [3.05, 3.63) is 17.5 Å². The van der Waals surface area contributed by atoms with Gasteiger partial charge in [-0.25, -0.2) is 0 Å². The van der Waals surface area contributed by atoms with E-state index in [1.54, 1.807) is 0 Å². The fraction of sp³-hybridized carbons (Fsp3) is 0.778. The van der Waals surface area contributed by atoms with Gasteiger partial charge in [-0.15, -0.1) is 0 Å². The van der Waals surface area contributed by atoms with Gasteiger partial charge in [0.25, 0.3) is 5.91 Å². The van der Waals surface area contributed by atoms with E-state index in [4.69, 9.17) is 9.26 Å². The maximum atomic E-state index is 12.7. The summed E-state index contributed by atoms with van der Waals surface area (Å²) >= 11 is 0. The number of carbonyl (C=O) groups is 1. The molecule has 0 spiro atoms. The van der Waals surface area contributed by atoms with Gasteiger partial charge in [-0.2, -0.15) is 0 Å². The normalized spacial score (nSPS) is 23.1. The molecule has 1 aromatic heterocycles. The first kappa shape index (κ1) is 16.1. The fourth-order valence-electron chi connectivity index (χ4n) is 3.81. The number of piperidine rings is 1. The zero-order valence-corrected chi connectivity index (χ0v) is 14.3. The van der Waals surface area contributed by atoms with Crippen LogP contribution in [0.1, 0.15) is 60.5 Å². The predicted octanol–water partition coefficient (Wildman–Crippen LogP) is 2.27. The molecule has 3 aliphatic rings. The smallest absolute Gasteiger partial charge is 0.259 e. The molecule has 2 saturated heterocycles. The number of nitrogens with zero attached hydrogens (tertiary/aromatic N) is 3. The summed E-state index contributed by atoms with van der Waals surface area (Å²) in [5.41, 5.74) is 1.54. The lowest BCUT2D eigenvalue weighted by Gasteiger charge is -2.32. The average Bonchev–Trinajstić information content (AvgIpc) is 3.11. The van der Waals surface area contributed by atoms with Crippen molar-refractivity contribution in [2.24, 2.45) is 0 Å². The Kier molecular flexibility index (Phi) is 4.85. The molecule has 6 nitrogen and oxygen atoms in total. The van der Waals surface area contributed by atoms with E-state index in [0.29, 0.717) is 17.6 Å². The summed E-state index contributed by atoms with van der Waals surface area (Å²) in [4.78, 5) is 17.1. The number of ether oxygens (including phenoxy) is 1. The first-order valence-corrected chi connectivity index (χ1v) is 9.39. The zero-order valence-electron chi connectivity index (χ0n) is 14.3. The summed E-state index contributed by atoms with van der Waals surface area (Å²) in [6, 6.07) is 0. The van der Waals surface area contributed by atoms with Crippen molar-refractivity contribution in [3.8, 4) is 0 Å². The number of rotatable bonds is 6. The number of hydrogen-bond acceptors (Lipinski definition) is 5. The van der Waals surface area contributed by atoms with Crippen LogP contribution in [0.2, 0.25) is 0 Å². The standard InChI is InChI=1S/C18H27N3O3/c22-18(16-13-24-19-17(16)14-3-4-14)21-9-5-15(6-10-21)23-12-11-20-7-1-2-8-20/h13-15H,1-12H2.